The van der Waals surface area contributed by atoms with E-state index in [1.54, 1.807) is 0 Å². The van der Waals surface area contributed by atoms with Gasteiger partial charge in [-0.3, -0.25) is 4.79 Å². The highest BCUT2D eigenvalue weighted by Crippen LogP contribution is 2.26. The minimum absolute atomic E-state index is 0.308. The molecule has 1 heteroatoms. The van der Waals surface area contributed by atoms with Gasteiger partial charge in [0, 0.05) is 6.42 Å². The fourth-order valence-corrected chi connectivity index (χ4v) is 1.76. The molecule has 0 atom stereocenters. The van der Waals surface area contributed by atoms with E-state index in [0.29, 0.717) is 12.2 Å². The highest BCUT2D eigenvalue weighted by Gasteiger charge is 2.17. The second kappa shape index (κ2) is 4.80. The van der Waals surface area contributed by atoms with Crippen molar-refractivity contribution in [2.45, 2.75) is 32.1 Å². The molecule has 0 saturated heterocycles. The molecule has 13 heavy (non-hydrogen) atoms. The van der Waals surface area contributed by atoms with E-state index in [9.17, 15) is 4.79 Å². The fourth-order valence-electron chi connectivity index (χ4n) is 1.76. The molecule has 0 bridgehead atoms. The Bertz CT molecular complexity index is 258. The summed E-state index contributed by atoms with van der Waals surface area (Å²) in [4.78, 5) is 11.5. The van der Waals surface area contributed by atoms with Crippen LogP contribution in [0.4, 0.5) is 0 Å². The van der Waals surface area contributed by atoms with Gasteiger partial charge >= 0.3 is 0 Å². The van der Waals surface area contributed by atoms with Crippen LogP contribution in [0.1, 0.15) is 32.1 Å². The van der Waals surface area contributed by atoms with E-state index in [-0.39, 0.29) is 0 Å². The summed E-state index contributed by atoms with van der Waals surface area (Å²) in [5.74, 6) is 0.308. The molecule has 70 valence electrons. The van der Waals surface area contributed by atoms with Crippen LogP contribution in [-0.4, -0.2) is 5.78 Å². The van der Waals surface area contributed by atoms with Crippen LogP contribution in [0.5, 0.6) is 0 Å². The van der Waals surface area contributed by atoms with Crippen molar-refractivity contribution < 1.29 is 4.79 Å². The van der Waals surface area contributed by atoms with Crippen molar-refractivity contribution in [2.75, 3.05) is 0 Å². The molecule has 0 saturated carbocycles. The Hall–Kier alpha value is -1.11. The Kier molecular flexibility index (Phi) is 3.69. The quantitative estimate of drug-likeness (QED) is 0.601. The van der Waals surface area contributed by atoms with Gasteiger partial charge in [-0.05, 0) is 31.3 Å². The lowest BCUT2D eigenvalue weighted by Crippen LogP contribution is -2.10. The highest BCUT2D eigenvalue weighted by atomic mass is 16.1. The van der Waals surface area contributed by atoms with Crippen molar-refractivity contribution in [3.8, 4) is 0 Å². The van der Waals surface area contributed by atoms with Gasteiger partial charge in [-0.15, -0.1) is 13.2 Å². The molecule has 0 fully saturated rings. The van der Waals surface area contributed by atoms with Gasteiger partial charge in [-0.2, -0.15) is 0 Å². The second-order valence-corrected chi connectivity index (χ2v) is 3.34. The van der Waals surface area contributed by atoms with Gasteiger partial charge in [-0.25, -0.2) is 0 Å². The van der Waals surface area contributed by atoms with Crippen molar-refractivity contribution >= 4 is 5.78 Å². The summed E-state index contributed by atoms with van der Waals surface area (Å²) in [6, 6.07) is 0. The van der Waals surface area contributed by atoms with Gasteiger partial charge in [0.15, 0.2) is 5.78 Å². The van der Waals surface area contributed by atoms with E-state index >= 15 is 0 Å². The van der Waals surface area contributed by atoms with Crippen LogP contribution in [0, 0.1) is 0 Å². The van der Waals surface area contributed by atoms with Crippen molar-refractivity contribution in [1.29, 1.82) is 0 Å². The number of carbonyl (C=O) groups excluding carboxylic acids is 1. The molecule has 0 aliphatic heterocycles. The maximum atomic E-state index is 11.5. The van der Waals surface area contributed by atoms with Crippen molar-refractivity contribution in [3.63, 3.8) is 0 Å². The molecular formula is C12H16O. The third kappa shape index (κ3) is 2.41. The number of allylic oxidation sites excluding steroid dienone is 4. The van der Waals surface area contributed by atoms with Crippen LogP contribution in [-0.2, 0) is 4.79 Å². The van der Waals surface area contributed by atoms with Crippen LogP contribution in [0.2, 0.25) is 0 Å². The van der Waals surface area contributed by atoms with Crippen LogP contribution >= 0.6 is 0 Å². The number of ketones is 1. The topological polar surface area (TPSA) is 17.1 Å². The molecule has 0 radical (unpaired) electrons. The van der Waals surface area contributed by atoms with Gasteiger partial charge in [-0.1, -0.05) is 17.7 Å². The summed E-state index contributed by atoms with van der Waals surface area (Å²) in [5, 5.41) is 0. The predicted octanol–water partition coefficient (Wildman–Crippen LogP) is 3.19. The highest BCUT2D eigenvalue weighted by molar-refractivity contribution is 5.97. The Labute approximate surface area is 79.8 Å². The molecule has 1 aliphatic carbocycles. The van der Waals surface area contributed by atoms with Gasteiger partial charge < -0.3 is 0 Å². The molecule has 1 nitrogen and oxygen atoms in total. The number of carbonyl (C=O) groups is 1. The minimum atomic E-state index is 0.308. The fraction of sp³-hybridized carbons (Fsp3) is 0.417. The maximum absolute atomic E-state index is 11.5. The van der Waals surface area contributed by atoms with E-state index in [1.165, 1.54) is 5.57 Å². The maximum Gasteiger partial charge on any atom is 0.159 e. The zero-order chi connectivity index (χ0) is 9.68. The molecule has 0 aromatic heterocycles. The molecule has 0 aromatic carbocycles. The average molecular weight is 176 g/mol. The molecule has 1 aliphatic rings. The Morgan fingerprint density at radius 2 is 1.85 bits per heavy atom. The molecule has 0 aromatic rings. The van der Waals surface area contributed by atoms with Gasteiger partial charge in [0.05, 0.1) is 0 Å². The Morgan fingerprint density at radius 1 is 1.15 bits per heavy atom. The van der Waals surface area contributed by atoms with Crippen LogP contribution in [0.3, 0.4) is 0 Å². The normalized spacial score (nSPS) is 17.4. The SMILES string of the molecule is C=CCC1=C(CC=C)C(=O)CCC1. The first-order valence-electron chi connectivity index (χ1n) is 4.75. The third-order valence-corrected chi connectivity index (χ3v) is 2.38. The number of Topliss-reactive ketones (excluding diaryl/α,β-unsaturated/α-hetero) is 1. The van der Waals surface area contributed by atoms with Crippen LogP contribution < -0.4 is 0 Å². The number of hydrogen-bond acceptors (Lipinski definition) is 1. The summed E-state index contributed by atoms with van der Waals surface area (Å²) in [6.07, 6.45) is 8.03. The van der Waals surface area contributed by atoms with Gasteiger partial charge in [0.25, 0.3) is 0 Å². The lowest BCUT2D eigenvalue weighted by Gasteiger charge is -2.17. The first-order valence-corrected chi connectivity index (χ1v) is 4.75. The van der Waals surface area contributed by atoms with Crippen molar-refractivity contribution in [1.82, 2.24) is 0 Å². The van der Waals surface area contributed by atoms with Crippen molar-refractivity contribution in [2.24, 2.45) is 0 Å². The van der Waals surface area contributed by atoms with Gasteiger partial charge in [0.1, 0.15) is 0 Å². The minimum Gasteiger partial charge on any atom is -0.295 e. The molecule has 0 N–H and O–H groups in total. The third-order valence-electron chi connectivity index (χ3n) is 2.38. The standard InChI is InChI=1S/C12H16O/c1-3-6-10-8-5-9-12(13)11(10)7-4-2/h3-4H,1-2,5-9H2. The van der Waals surface area contributed by atoms with E-state index in [1.807, 2.05) is 12.2 Å². The first-order chi connectivity index (χ1) is 6.29. The van der Waals surface area contributed by atoms with Crippen LogP contribution in [0.25, 0.3) is 0 Å². The van der Waals surface area contributed by atoms with E-state index in [0.717, 1.165) is 31.3 Å². The molecule has 1 rings (SSSR count). The van der Waals surface area contributed by atoms with Crippen molar-refractivity contribution in [3.05, 3.63) is 36.5 Å². The summed E-state index contributed by atoms with van der Waals surface area (Å²) in [6.45, 7) is 7.37. The zero-order valence-corrected chi connectivity index (χ0v) is 8.01. The summed E-state index contributed by atoms with van der Waals surface area (Å²) < 4.78 is 0. The average Bonchev–Trinajstić information content (AvgIpc) is 2.11. The predicted molar refractivity (Wildman–Crippen MR) is 55.5 cm³/mol. The summed E-state index contributed by atoms with van der Waals surface area (Å²) in [5.41, 5.74) is 2.26. The molecule has 0 heterocycles. The Morgan fingerprint density at radius 3 is 2.46 bits per heavy atom. The summed E-state index contributed by atoms with van der Waals surface area (Å²) >= 11 is 0. The zero-order valence-electron chi connectivity index (χ0n) is 8.01. The smallest absolute Gasteiger partial charge is 0.159 e. The monoisotopic (exact) mass is 176 g/mol. The summed E-state index contributed by atoms with van der Waals surface area (Å²) in [7, 11) is 0. The van der Waals surface area contributed by atoms with E-state index < -0.39 is 0 Å². The molecule has 0 spiro atoms. The van der Waals surface area contributed by atoms with Crippen LogP contribution in [0.15, 0.2) is 36.5 Å². The van der Waals surface area contributed by atoms with Gasteiger partial charge in [0.2, 0.25) is 0 Å². The largest absolute Gasteiger partial charge is 0.295 e. The van der Waals surface area contributed by atoms with E-state index in [2.05, 4.69) is 13.2 Å². The molecular weight excluding hydrogens is 160 g/mol. The molecule has 0 unspecified atom stereocenters. The lowest BCUT2D eigenvalue weighted by molar-refractivity contribution is -0.116. The Balaban J connectivity index is 2.88. The van der Waals surface area contributed by atoms with E-state index in [4.69, 9.17) is 0 Å². The first kappa shape index (κ1) is 9.97. The molecule has 0 amide bonds. The lowest BCUT2D eigenvalue weighted by atomic mass is 9.87. The number of rotatable bonds is 4. The number of hydrogen-bond donors (Lipinski definition) is 0. The second-order valence-electron chi connectivity index (χ2n) is 3.34.